The Balaban J connectivity index is 1.28. The molecule has 7 nitrogen and oxygen atoms in total. The molecule has 1 fully saturated rings. The van der Waals surface area contributed by atoms with Gasteiger partial charge in [0.05, 0.1) is 25.1 Å². The summed E-state index contributed by atoms with van der Waals surface area (Å²) in [4.78, 5) is 15.0. The molecule has 1 atom stereocenters. The number of allylic oxidation sites excluding steroid dienone is 1. The second-order valence-electron chi connectivity index (χ2n) is 11.1. The number of hydrogen-bond acceptors (Lipinski definition) is 5. The third-order valence-corrected chi connectivity index (χ3v) is 8.81. The fourth-order valence-corrected chi connectivity index (χ4v) is 6.56. The highest BCUT2D eigenvalue weighted by Crippen LogP contribution is 2.44. The topological polar surface area (TPSA) is 65.5 Å². The average molecular weight is 562 g/mol. The first-order valence-electron chi connectivity index (χ1n) is 14.2. The highest BCUT2D eigenvalue weighted by Gasteiger charge is 2.39. The fourth-order valence-electron chi connectivity index (χ4n) is 6.38. The van der Waals surface area contributed by atoms with Crippen LogP contribution in [-0.4, -0.2) is 58.9 Å². The van der Waals surface area contributed by atoms with E-state index in [0.29, 0.717) is 37.1 Å². The fraction of sp³-hybridized carbons (Fsp3) is 0.406. The molecule has 4 aliphatic rings. The molecule has 0 saturated carbocycles. The van der Waals surface area contributed by atoms with Crippen LogP contribution < -0.4 is 4.74 Å². The van der Waals surface area contributed by atoms with E-state index in [1.165, 1.54) is 27.4 Å². The maximum Gasteiger partial charge on any atom is 0.426 e. The lowest BCUT2D eigenvalue weighted by atomic mass is 9.88. The number of benzene rings is 2. The van der Waals surface area contributed by atoms with Gasteiger partial charge in [-0.1, -0.05) is 30.7 Å². The van der Waals surface area contributed by atoms with Crippen LogP contribution in [0, 0.1) is 5.92 Å². The highest BCUT2D eigenvalue weighted by molar-refractivity contribution is 6.31. The van der Waals surface area contributed by atoms with Gasteiger partial charge in [-0.25, -0.2) is 9.80 Å². The van der Waals surface area contributed by atoms with Crippen molar-refractivity contribution in [1.82, 2.24) is 14.9 Å². The number of fused-ring (bicyclic) bond motifs is 2. The van der Waals surface area contributed by atoms with Crippen molar-refractivity contribution in [3.05, 3.63) is 87.6 Å². The number of hydrazine groups is 1. The van der Waals surface area contributed by atoms with E-state index in [2.05, 4.69) is 18.7 Å². The maximum atomic E-state index is 12.5. The molecule has 1 N–H and O–H groups in total. The molecular weight excluding hydrogens is 526 g/mol. The first kappa shape index (κ1) is 26.6. The summed E-state index contributed by atoms with van der Waals surface area (Å²) in [6.45, 7) is 7.60. The minimum atomic E-state index is -0.964. The van der Waals surface area contributed by atoms with Gasteiger partial charge < -0.3 is 19.5 Å². The van der Waals surface area contributed by atoms with E-state index < -0.39 is 6.09 Å². The minimum Gasteiger partial charge on any atom is -0.493 e. The van der Waals surface area contributed by atoms with Gasteiger partial charge in [-0.05, 0) is 84.9 Å². The van der Waals surface area contributed by atoms with Crippen LogP contribution in [0.3, 0.4) is 0 Å². The zero-order chi connectivity index (χ0) is 27.8. The van der Waals surface area contributed by atoms with E-state index >= 15 is 0 Å². The van der Waals surface area contributed by atoms with Gasteiger partial charge in [-0.3, -0.25) is 5.01 Å². The number of halogens is 1. The minimum absolute atomic E-state index is 0.327. The molecule has 0 spiro atoms. The third kappa shape index (κ3) is 5.03. The Labute approximate surface area is 240 Å². The predicted octanol–water partition coefficient (Wildman–Crippen LogP) is 7.32. The Hall–Kier alpha value is -3.58. The Bertz CT molecular complexity index is 1460. The maximum absolute atomic E-state index is 12.5. The van der Waals surface area contributed by atoms with Crippen LogP contribution in [-0.2, 0) is 4.74 Å². The normalized spacial score (nSPS) is 22.4. The first-order chi connectivity index (χ1) is 19.4. The Morgan fingerprint density at radius 2 is 2.02 bits per heavy atom. The van der Waals surface area contributed by atoms with E-state index in [-0.39, 0.29) is 0 Å². The number of ether oxygens (including phenoxy) is 2. The van der Waals surface area contributed by atoms with Gasteiger partial charge >= 0.3 is 6.09 Å². The molecule has 0 aromatic heterocycles. The summed E-state index contributed by atoms with van der Waals surface area (Å²) in [6.07, 6.45) is 7.52. The van der Waals surface area contributed by atoms with Gasteiger partial charge in [-0.2, -0.15) is 0 Å². The molecule has 40 heavy (non-hydrogen) atoms. The molecule has 1 aliphatic carbocycles. The number of amides is 1. The summed E-state index contributed by atoms with van der Waals surface area (Å²) in [5.41, 5.74) is 7.24. The van der Waals surface area contributed by atoms with Crippen molar-refractivity contribution in [3.63, 3.8) is 0 Å². The Morgan fingerprint density at radius 1 is 1.15 bits per heavy atom. The summed E-state index contributed by atoms with van der Waals surface area (Å²) in [6, 6.07) is 11.7. The number of nitrogens with zero attached hydrogens (tertiary/aromatic N) is 3. The largest absolute Gasteiger partial charge is 0.493 e. The Morgan fingerprint density at radius 3 is 2.88 bits per heavy atom. The number of hydrogen-bond donors (Lipinski definition) is 1. The molecule has 0 bridgehead atoms. The number of carbonyl (C=O) groups is 1. The summed E-state index contributed by atoms with van der Waals surface area (Å²) in [5, 5.41) is 16.2. The highest BCUT2D eigenvalue weighted by atomic mass is 35.5. The molecule has 1 unspecified atom stereocenters. The zero-order valence-electron chi connectivity index (χ0n) is 23.2. The lowest BCUT2D eigenvalue weighted by molar-refractivity contribution is 0.0443. The SMILES string of the molecule is C/C1=C/OC=C2C(=C3CCCC4=C3N(CC4)CC1C)CN(C(=O)O)N2CCCOc1cccc2cc(Cl)ccc12. The van der Waals surface area contributed by atoms with Crippen molar-refractivity contribution in [2.45, 2.75) is 46.0 Å². The van der Waals surface area contributed by atoms with Crippen molar-refractivity contribution < 1.29 is 19.4 Å². The van der Waals surface area contributed by atoms with Crippen LogP contribution in [0.1, 0.15) is 46.0 Å². The van der Waals surface area contributed by atoms with Crippen LogP contribution in [0.2, 0.25) is 5.02 Å². The monoisotopic (exact) mass is 561 g/mol. The summed E-state index contributed by atoms with van der Waals surface area (Å²) < 4.78 is 12.2. The quantitative estimate of drug-likeness (QED) is 0.386. The number of carboxylic acid groups (broad SMARTS) is 1. The standard InChI is InChI=1S/C32H36ClN3O4/c1-21-17-34-14-12-23-6-3-8-27(31(23)34)28-18-36(32(37)38)35(29(28)20-39-19-22(21)2)13-5-15-40-30-9-4-7-24-16-25(33)10-11-26(24)30/h4,7,9-11,16,19-21H,3,5-6,8,12-15,17-18H2,1-2H3,(H,37,38)/b22-19-,28-27?,29-20?. The molecule has 210 valence electrons. The van der Waals surface area contributed by atoms with E-state index in [0.717, 1.165) is 66.6 Å². The van der Waals surface area contributed by atoms with Gasteiger partial charge in [0.1, 0.15) is 12.0 Å². The van der Waals surface area contributed by atoms with Crippen LogP contribution in [0.15, 0.2) is 82.6 Å². The second-order valence-corrected chi connectivity index (χ2v) is 11.6. The van der Waals surface area contributed by atoms with Gasteiger partial charge in [0.15, 0.2) is 0 Å². The summed E-state index contributed by atoms with van der Waals surface area (Å²) in [7, 11) is 0. The van der Waals surface area contributed by atoms with Crippen LogP contribution >= 0.6 is 11.6 Å². The van der Waals surface area contributed by atoms with Gasteiger partial charge in [0.25, 0.3) is 0 Å². The van der Waals surface area contributed by atoms with E-state index in [1.54, 1.807) is 6.26 Å². The number of rotatable bonds is 5. The van der Waals surface area contributed by atoms with Gasteiger partial charge in [-0.15, -0.1) is 0 Å². The molecular formula is C32H36ClN3O4. The van der Waals surface area contributed by atoms with E-state index in [1.807, 2.05) is 47.7 Å². The summed E-state index contributed by atoms with van der Waals surface area (Å²) >= 11 is 6.17. The molecule has 2 aromatic carbocycles. The lowest BCUT2D eigenvalue weighted by Gasteiger charge is -2.30. The van der Waals surface area contributed by atoms with Crippen molar-refractivity contribution in [2.24, 2.45) is 5.92 Å². The predicted molar refractivity (Wildman–Crippen MR) is 157 cm³/mol. The van der Waals surface area contributed by atoms with Gasteiger partial charge in [0, 0.05) is 47.7 Å². The zero-order valence-corrected chi connectivity index (χ0v) is 23.9. The second kappa shape index (κ2) is 11.1. The average Bonchev–Trinajstić information content (AvgIpc) is 3.51. The Kier molecular flexibility index (Phi) is 7.41. The molecule has 3 heterocycles. The first-order valence-corrected chi connectivity index (χ1v) is 14.6. The van der Waals surface area contributed by atoms with E-state index in [9.17, 15) is 9.90 Å². The molecule has 8 heteroatoms. The summed E-state index contributed by atoms with van der Waals surface area (Å²) in [5.74, 6) is 1.16. The molecule has 1 saturated heterocycles. The van der Waals surface area contributed by atoms with Crippen molar-refractivity contribution in [1.29, 1.82) is 0 Å². The molecule has 0 radical (unpaired) electrons. The smallest absolute Gasteiger partial charge is 0.426 e. The molecule has 2 aromatic rings. The molecule has 6 rings (SSSR count). The van der Waals surface area contributed by atoms with E-state index in [4.69, 9.17) is 21.1 Å². The van der Waals surface area contributed by atoms with Gasteiger partial charge in [0.2, 0.25) is 0 Å². The van der Waals surface area contributed by atoms with Crippen LogP contribution in [0.5, 0.6) is 5.75 Å². The van der Waals surface area contributed by atoms with Crippen molar-refractivity contribution in [3.8, 4) is 5.75 Å². The molecule has 1 amide bonds. The van der Waals surface area contributed by atoms with Crippen LogP contribution in [0.25, 0.3) is 10.8 Å². The lowest BCUT2D eigenvalue weighted by Crippen LogP contribution is -2.40. The molecule has 3 aliphatic heterocycles. The van der Waals surface area contributed by atoms with Crippen LogP contribution in [0.4, 0.5) is 4.79 Å². The van der Waals surface area contributed by atoms with Crippen molar-refractivity contribution in [2.75, 3.05) is 32.8 Å². The van der Waals surface area contributed by atoms with Crippen molar-refractivity contribution >= 4 is 28.5 Å². The third-order valence-electron chi connectivity index (χ3n) is 8.58.